The first-order valence-corrected chi connectivity index (χ1v) is 13.9. The number of fused-ring (bicyclic) bond motifs is 2. The summed E-state index contributed by atoms with van der Waals surface area (Å²) < 4.78 is 0. The van der Waals surface area contributed by atoms with Crippen LogP contribution < -0.4 is 4.90 Å². The highest BCUT2D eigenvalue weighted by Gasteiger charge is 2.38. The summed E-state index contributed by atoms with van der Waals surface area (Å²) in [6.45, 7) is 5.38. The van der Waals surface area contributed by atoms with Gasteiger partial charge in [-0.25, -0.2) is 0 Å². The van der Waals surface area contributed by atoms with Crippen LogP contribution in [-0.2, 0) is 13.0 Å². The van der Waals surface area contributed by atoms with Gasteiger partial charge in [0.2, 0.25) is 0 Å². The maximum absolute atomic E-state index is 13.3. The maximum atomic E-state index is 13.3. The van der Waals surface area contributed by atoms with Crippen molar-refractivity contribution >= 4 is 29.1 Å². The summed E-state index contributed by atoms with van der Waals surface area (Å²) >= 11 is 6.34. The summed E-state index contributed by atoms with van der Waals surface area (Å²) in [5.74, 6) is 0.574. The zero-order valence-electron chi connectivity index (χ0n) is 22.0. The van der Waals surface area contributed by atoms with Gasteiger partial charge in [0.05, 0.1) is 16.6 Å². The summed E-state index contributed by atoms with van der Waals surface area (Å²) in [5, 5.41) is 0.523. The minimum Gasteiger partial charge on any atom is -0.371 e. The molecule has 0 unspecified atom stereocenters. The normalized spacial score (nSPS) is 19.0. The number of aryl methyl sites for hydroxylation is 2. The van der Waals surface area contributed by atoms with E-state index in [2.05, 4.69) is 28.1 Å². The van der Waals surface area contributed by atoms with Crippen molar-refractivity contribution in [1.82, 2.24) is 14.8 Å². The lowest BCUT2D eigenvalue weighted by molar-refractivity contribution is 0.0700. The molecule has 7 heteroatoms. The van der Waals surface area contributed by atoms with Gasteiger partial charge in [0.25, 0.3) is 11.8 Å². The van der Waals surface area contributed by atoms with Crippen LogP contribution >= 0.6 is 11.6 Å². The average Bonchev–Trinajstić information content (AvgIpc) is 3.49. The Labute approximate surface area is 229 Å². The van der Waals surface area contributed by atoms with Crippen LogP contribution in [0.15, 0.2) is 54.7 Å². The number of piperidine rings is 1. The van der Waals surface area contributed by atoms with Gasteiger partial charge in [-0.2, -0.15) is 0 Å². The number of carbonyl (C=O) groups is 2. The van der Waals surface area contributed by atoms with Crippen molar-refractivity contribution < 1.29 is 9.59 Å². The Morgan fingerprint density at radius 1 is 1.08 bits per heavy atom. The smallest absolute Gasteiger partial charge is 0.256 e. The SMILES string of the molecule is Cc1cc(N2CCC(CN(C)C(=O)c3ccc4c(c3)CC[C@H]4N3Cc4cccc(Cl)c4C3=O)CC2)ccn1. The lowest BCUT2D eigenvalue weighted by atomic mass is 9.95. The third kappa shape index (κ3) is 4.55. The number of halogens is 1. The molecule has 3 aliphatic rings. The first-order valence-electron chi connectivity index (χ1n) is 13.5. The van der Waals surface area contributed by atoms with Gasteiger partial charge in [0, 0.05) is 56.4 Å². The number of pyridine rings is 1. The zero-order valence-corrected chi connectivity index (χ0v) is 22.7. The van der Waals surface area contributed by atoms with Gasteiger partial charge in [-0.1, -0.05) is 29.8 Å². The molecule has 0 bridgehead atoms. The molecule has 3 heterocycles. The molecule has 3 aromatic rings. The molecule has 2 aromatic carbocycles. The quantitative estimate of drug-likeness (QED) is 0.428. The van der Waals surface area contributed by atoms with E-state index in [0.29, 0.717) is 23.0 Å². The van der Waals surface area contributed by atoms with E-state index in [9.17, 15) is 9.59 Å². The Bertz CT molecular complexity index is 1400. The molecule has 1 aliphatic carbocycles. The highest BCUT2D eigenvalue weighted by Crippen LogP contribution is 2.41. The van der Waals surface area contributed by atoms with Gasteiger partial charge in [0.1, 0.15) is 0 Å². The molecule has 6 nitrogen and oxygen atoms in total. The molecule has 2 aliphatic heterocycles. The van der Waals surface area contributed by atoms with Gasteiger partial charge in [-0.3, -0.25) is 14.6 Å². The average molecular weight is 529 g/mol. The summed E-state index contributed by atoms with van der Waals surface area (Å²) in [6.07, 6.45) is 5.75. The van der Waals surface area contributed by atoms with Crippen LogP contribution in [0.2, 0.25) is 5.02 Å². The standard InChI is InChI=1S/C31H33ClN4O2/c1-20-16-25(10-13-33-20)35-14-11-21(12-15-35)18-34(2)30(37)23-6-8-26-22(17-23)7-9-28(26)36-19-24-4-3-5-27(32)29(24)31(36)38/h3-6,8,10,13,16-17,21,28H,7,9,11-12,14-15,18-19H2,1-2H3/t28-/m1/s1. The number of hydrogen-bond acceptors (Lipinski definition) is 4. The fraction of sp³-hybridized carbons (Fsp3) is 0.387. The molecule has 2 amide bonds. The molecule has 0 N–H and O–H groups in total. The van der Waals surface area contributed by atoms with E-state index in [1.165, 1.54) is 11.3 Å². The lowest BCUT2D eigenvalue weighted by Crippen LogP contribution is -2.39. The largest absolute Gasteiger partial charge is 0.371 e. The van der Waals surface area contributed by atoms with E-state index in [1.54, 1.807) is 6.07 Å². The van der Waals surface area contributed by atoms with Crippen LogP contribution in [0.3, 0.4) is 0 Å². The number of nitrogens with zero attached hydrogens (tertiary/aromatic N) is 4. The number of amides is 2. The Kier molecular flexibility index (Phi) is 6.60. The summed E-state index contributed by atoms with van der Waals surface area (Å²) in [6, 6.07) is 15.9. The predicted molar refractivity (Wildman–Crippen MR) is 150 cm³/mol. The second kappa shape index (κ2) is 10.1. The topological polar surface area (TPSA) is 56.8 Å². The summed E-state index contributed by atoms with van der Waals surface area (Å²) in [4.78, 5) is 37.1. The highest BCUT2D eigenvalue weighted by molar-refractivity contribution is 6.34. The van der Waals surface area contributed by atoms with Crippen LogP contribution in [0.4, 0.5) is 5.69 Å². The minimum atomic E-state index is 0.00782. The second-order valence-corrected chi connectivity index (χ2v) is 11.4. The van der Waals surface area contributed by atoms with E-state index < -0.39 is 0 Å². The summed E-state index contributed by atoms with van der Waals surface area (Å²) in [7, 11) is 1.92. The molecule has 1 fully saturated rings. The Hall–Kier alpha value is -3.38. The maximum Gasteiger partial charge on any atom is 0.256 e. The molecular formula is C31H33ClN4O2. The molecule has 1 atom stereocenters. The third-order valence-corrected chi connectivity index (χ3v) is 8.78. The Balaban J connectivity index is 1.08. The summed E-state index contributed by atoms with van der Waals surface area (Å²) in [5.41, 5.74) is 6.96. The molecule has 6 rings (SSSR count). The zero-order chi connectivity index (χ0) is 26.4. The van der Waals surface area contributed by atoms with Crippen LogP contribution in [0.5, 0.6) is 0 Å². The van der Waals surface area contributed by atoms with Gasteiger partial charge < -0.3 is 14.7 Å². The number of rotatable bonds is 5. The van der Waals surface area contributed by atoms with Crippen molar-refractivity contribution in [2.24, 2.45) is 5.92 Å². The minimum absolute atomic E-state index is 0.00782. The van der Waals surface area contributed by atoms with Crippen molar-refractivity contribution in [2.45, 2.75) is 45.2 Å². The van der Waals surface area contributed by atoms with Gasteiger partial charge >= 0.3 is 0 Å². The van der Waals surface area contributed by atoms with E-state index in [0.717, 1.165) is 67.7 Å². The fourth-order valence-electron chi connectivity index (χ4n) is 6.43. The first-order chi connectivity index (χ1) is 18.4. The molecule has 1 aromatic heterocycles. The predicted octanol–water partition coefficient (Wildman–Crippen LogP) is 5.68. The Morgan fingerprint density at radius 3 is 2.66 bits per heavy atom. The van der Waals surface area contributed by atoms with Crippen LogP contribution in [0, 0.1) is 12.8 Å². The molecule has 38 heavy (non-hydrogen) atoms. The van der Waals surface area contributed by atoms with Crippen molar-refractivity contribution in [3.63, 3.8) is 0 Å². The Morgan fingerprint density at radius 2 is 1.89 bits per heavy atom. The van der Waals surface area contributed by atoms with Gasteiger partial charge in [-0.15, -0.1) is 0 Å². The highest BCUT2D eigenvalue weighted by atomic mass is 35.5. The van der Waals surface area contributed by atoms with Crippen molar-refractivity contribution in [3.8, 4) is 0 Å². The second-order valence-electron chi connectivity index (χ2n) is 10.9. The van der Waals surface area contributed by atoms with Crippen molar-refractivity contribution in [3.05, 3.63) is 93.3 Å². The number of hydrogen-bond donors (Lipinski definition) is 0. The van der Waals surface area contributed by atoms with E-state index in [-0.39, 0.29) is 17.9 Å². The van der Waals surface area contributed by atoms with Crippen molar-refractivity contribution in [2.75, 3.05) is 31.6 Å². The molecule has 1 saturated heterocycles. The first kappa shape index (κ1) is 24.9. The number of carbonyl (C=O) groups excluding carboxylic acids is 2. The van der Waals surface area contributed by atoms with Crippen LogP contribution in [0.1, 0.15) is 68.4 Å². The van der Waals surface area contributed by atoms with Gasteiger partial charge in [0.15, 0.2) is 0 Å². The van der Waals surface area contributed by atoms with Crippen LogP contribution in [0.25, 0.3) is 0 Å². The van der Waals surface area contributed by atoms with E-state index >= 15 is 0 Å². The monoisotopic (exact) mass is 528 g/mol. The fourth-order valence-corrected chi connectivity index (χ4v) is 6.71. The molecular weight excluding hydrogens is 496 g/mol. The number of anilines is 1. The third-order valence-electron chi connectivity index (χ3n) is 8.47. The molecule has 0 spiro atoms. The number of benzene rings is 2. The van der Waals surface area contributed by atoms with Crippen LogP contribution in [-0.4, -0.2) is 53.3 Å². The molecule has 0 radical (unpaired) electrons. The number of aromatic nitrogens is 1. The van der Waals surface area contributed by atoms with Crippen molar-refractivity contribution in [1.29, 1.82) is 0 Å². The lowest BCUT2D eigenvalue weighted by Gasteiger charge is -2.35. The van der Waals surface area contributed by atoms with Gasteiger partial charge in [-0.05, 0) is 85.5 Å². The molecule has 196 valence electrons. The van der Waals surface area contributed by atoms with E-state index in [4.69, 9.17) is 11.6 Å². The van der Waals surface area contributed by atoms with E-state index in [1.807, 2.05) is 54.2 Å². The molecule has 0 saturated carbocycles.